The van der Waals surface area contributed by atoms with Gasteiger partial charge in [-0.3, -0.25) is 0 Å². The van der Waals surface area contributed by atoms with Gasteiger partial charge in [0, 0.05) is 19.0 Å². The van der Waals surface area contributed by atoms with Crippen LogP contribution in [0.5, 0.6) is 0 Å². The summed E-state index contributed by atoms with van der Waals surface area (Å²) < 4.78 is 7.42. The van der Waals surface area contributed by atoms with E-state index in [-0.39, 0.29) is 0 Å². The van der Waals surface area contributed by atoms with Crippen LogP contribution in [-0.4, -0.2) is 27.8 Å². The largest absolute Gasteiger partial charge is 0.387 e. The van der Waals surface area contributed by atoms with E-state index in [0.717, 1.165) is 26.1 Å². The van der Waals surface area contributed by atoms with Crippen molar-refractivity contribution in [2.45, 2.75) is 18.9 Å². The lowest BCUT2D eigenvalue weighted by molar-refractivity contribution is 0.0590. The highest BCUT2D eigenvalue weighted by molar-refractivity contribution is 7.80. The molecule has 2 rings (SSSR count). The Morgan fingerprint density at radius 1 is 1.71 bits per heavy atom. The third-order valence-electron chi connectivity index (χ3n) is 2.42. The molecular formula is C9H13N3OS. The van der Waals surface area contributed by atoms with Gasteiger partial charge in [-0.15, -0.1) is 0 Å². The number of nitrogens with zero attached hydrogens (tertiary/aromatic N) is 2. The summed E-state index contributed by atoms with van der Waals surface area (Å²) >= 11 is 4.93. The van der Waals surface area contributed by atoms with E-state index in [1.807, 2.05) is 10.8 Å². The molecule has 1 aromatic rings. The molecule has 2 heterocycles. The summed E-state index contributed by atoms with van der Waals surface area (Å²) in [6, 6.07) is 0.336. The molecule has 0 aromatic carbocycles. The molecule has 0 spiro atoms. The second kappa shape index (κ2) is 4.06. The maximum absolute atomic E-state index is 5.57. The molecule has 2 N–H and O–H groups in total. The molecule has 0 bridgehead atoms. The van der Waals surface area contributed by atoms with Crippen LogP contribution in [0.1, 0.15) is 24.7 Å². The number of imidazole rings is 1. The Balaban J connectivity index is 2.21. The Hall–Kier alpha value is -0.940. The molecule has 0 radical (unpaired) electrons. The third kappa shape index (κ3) is 1.78. The van der Waals surface area contributed by atoms with Crippen LogP contribution in [0.3, 0.4) is 0 Å². The molecule has 4 nitrogen and oxygen atoms in total. The fraction of sp³-hybridized carbons (Fsp3) is 0.556. The standard InChI is InChI=1S/C9H13N3OS/c10-8(14)9-11-3-4-12(9)7-2-1-5-13-6-7/h3-4,7H,1-2,5-6H2,(H2,10,14). The van der Waals surface area contributed by atoms with Gasteiger partial charge in [0.1, 0.15) is 4.99 Å². The molecule has 1 aliphatic rings. The third-order valence-corrected chi connectivity index (χ3v) is 2.60. The molecule has 1 atom stereocenters. The summed E-state index contributed by atoms with van der Waals surface area (Å²) in [5.41, 5.74) is 5.57. The second-order valence-corrected chi connectivity index (χ2v) is 3.83. The van der Waals surface area contributed by atoms with Gasteiger partial charge >= 0.3 is 0 Å². The van der Waals surface area contributed by atoms with Crippen molar-refractivity contribution in [3.8, 4) is 0 Å². The first-order valence-corrected chi connectivity index (χ1v) is 5.10. The summed E-state index contributed by atoms with van der Waals surface area (Å²) in [6.45, 7) is 1.58. The molecular weight excluding hydrogens is 198 g/mol. The highest BCUT2D eigenvalue weighted by Crippen LogP contribution is 2.20. The first-order valence-electron chi connectivity index (χ1n) is 4.69. The first kappa shape index (κ1) is 9.61. The zero-order chi connectivity index (χ0) is 9.97. The van der Waals surface area contributed by atoms with Crippen LogP contribution in [0.25, 0.3) is 0 Å². The zero-order valence-corrected chi connectivity index (χ0v) is 8.67. The van der Waals surface area contributed by atoms with Crippen LogP contribution in [-0.2, 0) is 4.74 Å². The van der Waals surface area contributed by atoms with Gasteiger partial charge in [-0.25, -0.2) is 4.98 Å². The maximum Gasteiger partial charge on any atom is 0.167 e. The summed E-state index contributed by atoms with van der Waals surface area (Å²) in [5, 5.41) is 0. The second-order valence-electron chi connectivity index (χ2n) is 3.39. The highest BCUT2D eigenvalue weighted by atomic mass is 32.1. The van der Waals surface area contributed by atoms with Gasteiger partial charge in [0.25, 0.3) is 0 Å². The topological polar surface area (TPSA) is 53.1 Å². The van der Waals surface area contributed by atoms with Crippen LogP contribution >= 0.6 is 12.2 Å². The number of aromatic nitrogens is 2. The Labute approximate surface area is 88.1 Å². The Morgan fingerprint density at radius 2 is 2.57 bits per heavy atom. The van der Waals surface area contributed by atoms with Crippen LogP contribution < -0.4 is 5.73 Å². The van der Waals surface area contributed by atoms with Crippen molar-refractivity contribution < 1.29 is 4.74 Å². The van der Waals surface area contributed by atoms with Crippen LogP contribution in [0.4, 0.5) is 0 Å². The molecule has 1 saturated heterocycles. The summed E-state index contributed by atoms with van der Waals surface area (Å²) in [7, 11) is 0. The Morgan fingerprint density at radius 3 is 3.21 bits per heavy atom. The normalized spacial score (nSPS) is 22.1. The van der Waals surface area contributed by atoms with Crippen molar-refractivity contribution in [2.24, 2.45) is 5.73 Å². The van der Waals surface area contributed by atoms with Gasteiger partial charge in [-0.05, 0) is 12.8 Å². The monoisotopic (exact) mass is 211 g/mol. The number of hydrogen-bond donors (Lipinski definition) is 1. The number of ether oxygens (including phenoxy) is 1. The molecule has 76 valence electrons. The summed E-state index contributed by atoms with van der Waals surface area (Å²) in [6.07, 6.45) is 5.82. The smallest absolute Gasteiger partial charge is 0.167 e. The number of thiocarbonyl (C=S) groups is 1. The van der Waals surface area contributed by atoms with Crippen LogP contribution in [0.2, 0.25) is 0 Å². The van der Waals surface area contributed by atoms with Gasteiger partial charge in [0.2, 0.25) is 0 Å². The predicted octanol–water partition coefficient (Wildman–Crippen LogP) is 0.869. The van der Waals surface area contributed by atoms with Gasteiger partial charge in [0.05, 0.1) is 12.6 Å². The molecule has 14 heavy (non-hydrogen) atoms. The van der Waals surface area contributed by atoms with Gasteiger partial charge in [-0.1, -0.05) is 12.2 Å². The fourth-order valence-corrected chi connectivity index (χ4v) is 1.90. The number of hydrogen-bond acceptors (Lipinski definition) is 3. The highest BCUT2D eigenvalue weighted by Gasteiger charge is 2.18. The quantitative estimate of drug-likeness (QED) is 0.737. The summed E-state index contributed by atoms with van der Waals surface area (Å²) in [5.74, 6) is 0.690. The predicted molar refractivity (Wildman–Crippen MR) is 57.2 cm³/mol. The van der Waals surface area contributed by atoms with E-state index in [1.165, 1.54) is 0 Å². The average Bonchev–Trinajstić information content (AvgIpc) is 2.67. The van der Waals surface area contributed by atoms with Crippen LogP contribution in [0.15, 0.2) is 12.4 Å². The van der Waals surface area contributed by atoms with E-state index in [0.29, 0.717) is 16.9 Å². The molecule has 0 aliphatic carbocycles. The van der Waals surface area contributed by atoms with Crippen LogP contribution in [0, 0.1) is 0 Å². The van der Waals surface area contributed by atoms with Gasteiger partial charge in [0.15, 0.2) is 5.82 Å². The molecule has 1 aliphatic heterocycles. The Kier molecular flexibility index (Phi) is 2.79. The van der Waals surface area contributed by atoms with E-state index in [1.54, 1.807) is 6.20 Å². The minimum absolute atomic E-state index is 0.336. The maximum atomic E-state index is 5.57. The summed E-state index contributed by atoms with van der Waals surface area (Å²) in [4.78, 5) is 4.48. The van der Waals surface area contributed by atoms with E-state index in [9.17, 15) is 0 Å². The lowest BCUT2D eigenvalue weighted by atomic mass is 10.1. The van der Waals surface area contributed by atoms with Crippen molar-refractivity contribution in [1.82, 2.24) is 9.55 Å². The van der Waals surface area contributed by atoms with E-state index in [4.69, 9.17) is 22.7 Å². The SMILES string of the molecule is NC(=S)c1nccn1C1CCCOC1. The fourth-order valence-electron chi connectivity index (χ4n) is 1.74. The molecule has 1 aromatic heterocycles. The molecule has 1 unspecified atom stereocenters. The Bertz CT molecular complexity index is 331. The number of nitrogens with two attached hydrogens (primary N) is 1. The van der Waals surface area contributed by atoms with E-state index >= 15 is 0 Å². The molecule has 0 saturated carbocycles. The lowest BCUT2D eigenvalue weighted by Gasteiger charge is -2.24. The lowest BCUT2D eigenvalue weighted by Crippen LogP contribution is -2.25. The van der Waals surface area contributed by atoms with Crippen molar-refractivity contribution in [1.29, 1.82) is 0 Å². The first-order chi connectivity index (χ1) is 6.79. The average molecular weight is 211 g/mol. The molecule has 0 amide bonds. The van der Waals surface area contributed by atoms with Crippen molar-refractivity contribution >= 4 is 17.2 Å². The minimum atomic E-state index is 0.336. The number of rotatable bonds is 2. The molecule has 1 fully saturated rings. The van der Waals surface area contributed by atoms with E-state index in [2.05, 4.69) is 4.98 Å². The van der Waals surface area contributed by atoms with Gasteiger partial charge < -0.3 is 15.0 Å². The van der Waals surface area contributed by atoms with Crippen molar-refractivity contribution in [3.63, 3.8) is 0 Å². The van der Waals surface area contributed by atoms with Crippen molar-refractivity contribution in [3.05, 3.63) is 18.2 Å². The molecule has 5 heteroatoms. The van der Waals surface area contributed by atoms with Gasteiger partial charge in [-0.2, -0.15) is 0 Å². The van der Waals surface area contributed by atoms with E-state index < -0.39 is 0 Å². The van der Waals surface area contributed by atoms with Crippen molar-refractivity contribution in [2.75, 3.05) is 13.2 Å². The zero-order valence-electron chi connectivity index (χ0n) is 7.85. The minimum Gasteiger partial charge on any atom is -0.387 e.